The standard InChI is InChI=1S/C14H20BrNO2/c1-6-14(4,18-5)13(17)16-11-7-9(2)12(15)10(3)8-11/h7-8H,6H2,1-5H3,(H,16,17). The number of hydrogen-bond acceptors (Lipinski definition) is 2. The molecule has 1 rings (SSSR count). The van der Waals surface area contributed by atoms with Crippen LogP contribution >= 0.6 is 15.9 Å². The summed E-state index contributed by atoms with van der Waals surface area (Å²) in [5.74, 6) is -0.117. The van der Waals surface area contributed by atoms with Crippen LogP contribution in [-0.4, -0.2) is 18.6 Å². The second kappa shape index (κ2) is 5.85. The molecular formula is C14H20BrNO2. The van der Waals surface area contributed by atoms with E-state index in [9.17, 15) is 4.79 Å². The maximum absolute atomic E-state index is 12.2. The molecule has 0 saturated carbocycles. The van der Waals surface area contributed by atoms with Crippen LogP contribution in [0, 0.1) is 13.8 Å². The fraction of sp³-hybridized carbons (Fsp3) is 0.500. The predicted molar refractivity (Wildman–Crippen MR) is 78.0 cm³/mol. The lowest BCUT2D eigenvalue weighted by atomic mass is 10.0. The zero-order chi connectivity index (χ0) is 13.9. The molecule has 0 heterocycles. The van der Waals surface area contributed by atoms with Crippen LogP contribution in [0.15, 0.2) is 16.6 Å². The van der Waals surface area contributed by atoms with Crippen LogP contribution in [0.4, 0.5) is 5.69 Å². The molecule has 1 unspecified atom stereocenters. The van der Waals surface area contributed by atoms with Gasteiger partial charge in [-0.2, -0.15) is 0 Å². The van der Waals surface area contributed by atoms with Crippen molar-refractivity contribution in [2.45, 2.75) is 39.7 Å². The van der Waals surface area contributed by atoms with Gasteiger partial charge >= 0.3 is 0 Å². The van der Waals surface area contributed by atoms with Crippen LogP contribution in [0.1, 0.15) is 31.4 Å². The van der Waals surface area contributed by atoms with Gasteiger partial charge in [0, 0.05) is 17.3 Å². The summed E-state index contributed by atoms with van der Waals surface area (Å²) in [6.45, 7) is 7.73. The van der Waals surface area contributed by atoms with E-state index in [0.717, 1.165) is 21.3 Å². The molecule has 0 radical (unpaired) electrons. The number of carbonyl (C=O) groups excluding carboxylic acids is 1. The van der Waals surface area contributed by atoms with Gasteiger partial charge in [-0.25, -0.2) is 0 Å². The molecule has 1 atom stereocenters. The van der Waals surface area contributed by atoms with Crippen LogP contribution in [0.25, 0.3) is 0 Å². The van der Waals surface area contributed by atoms with Crippen LogP contribution in [0.5, 0.6) is 0 Å². The highest BCUT2D eigenvalue weighted by molar-refractivity contribution is 9.10. The van der Waals surface area contributed by atoms with Gasteiger partial charge in [0.1, 0.15) is 5.60 Å². The number of halogens is 1. The first-order valence-electron chi connectivity index (χ1n) is 5.97. The lowest BCUT2D eigenvalue weighted by Gasteiger charge is -2.25. The Morgan fingerprint density at radius 1 is 1.39 bits per heavy atom. The van der Waals surface area contributed by atoms with Crippen molar-refractivity contribution in [2.75, 3.05) is 12.4 Å². The van der Waals surface area contributed by atoms with E-state index in [4.69, 9.17) is 4.74 Å². The van der Waals surface area contributed by atoms with Gasteiger partial charge in [0.05, 0.1) is 0 Å². The molecule has 100 valence electrons. The molecule has 18 heavy (non-hydrogen) atoms. The Labute approximate surface area is 117 Å². The van der Waals surface area contributed by atoms with Crippen LogP contribution in [0.3, 0.4) is 0 Å². The molecular weight excluding hydrogens is 294 g/mol. The summed E-state index contributed by atoms with van der Waals surface area (Å²) in [4.78, 5) is 12.2. The van der Waals surface area contributed by atoms with Gasteiger partial charge in [-0.3, -0.25) is 4.79 Å². The molecule has 1 N–H and O–H groups in total. The molecule has 0 saturated heterocycles. The van der Waals surface area contributed by atoms with Crippen molar-refractivity contribution in [2.24, 2.45) is 0 Å². The number of rotatable bonds is 4. The number of ether oxygens (including phenoxy) is 1. The minimum Gasteiger partial charge on any atom is -0.369 e. The van der Waals surface area contributed by atoms with Crippen molar-refractivity contribution in [3.63, 3.8) is 0 Å². The average Bonchev–Trinajstić information content (AvgIpc) is 2.34. The molecule has 1 aromatic rings. The van der Waals surface area contributed by atoms with Crippen LogP contribution in [0.2, 0.25) is 0 Å². The van der Waals surface area contributed by atoms with Crippen molar-refractivity contribution >= 4 is 27.5 Å². The van der Waals surface area contributed by atoms with Crippen LogP contribution < -0.4 is 5.32 Å². The number of amides is 1. The van der Waals surface area contributed by atoms with E-state index in [2.05, 4.69) is 21.2 Å². The van der Waals surface area contributed by atoms with Gasteiger partial charge in [-0.05, 0) is 50.5 Å². The summed E-state index contributed by atoms with van der Waals surface area (Å²) < 4.78 is 6.36. The maximum atomic E-state index is 12.2. The number of methoxy groups -OCH3 is 1. The second-order valence-corrected chi connectivity index (χ2v) is 5.46. The molecule has 3 nitrogen and oxygen atoms in total. The van der Waals surface area contributed by atoms with Gasteiger partial charge < -0.3 is 10.1 Å². The van der Waals surface area contributed by atoms with Crippen molar-refractivity contribution in [3.8, 4) is 0 Å². The fourth-order valence-corrected chi connectivity index (χ4v) is 1.91. The van der Waals surface area contributed by atoms with E-state index in [1.165, 1.54) is 0 Å². The topological polar surface area (TPSA) is 38.3 Å². The Morgan fingerprint density at radius 3 is 2.28 bits per heavy atom. The third-order valence-corrected chi connectivity index (χ3v) is 4.55. The van der Waals surface area contributed by atoms with Gasteiger partial charge in [0.2, 0.25) is 0 Å². The summed E-state index contributed by atoms with van der Waals surface area (Å²) >= 11 is 3.51. The Kier molecular flexibility index (Phi) is 4.93. The Balaban J connectivity index is 2.95. The smallest absolute Gasteiger partial charge is 0.256 e. The second-order valence-electron chi connectivity index (χ2n) is 4.67. The molecule has 1 aromatic carbocycles. The number of anilines is 1. The minimum atomic E-state index is -0.783. The molecule has 0 fully saturated rings. The first-order valence-corrected chi connectivity index (χ1v) is 6.76. The predicted octanol–water partition coefficient (Wildman–Crippen LogP) is 3.82. The summed E-state index contributed by atoms with van der Waals surface area (Å²) in [6, 6.07) is 3.89. The fourth-order valence-electron chi connectivity index (χ4n) is 1.68. The van der Waals surface area contributed by atoms with Crippen molar-refractivity contribution in [3.05, 3.63) is 27.7 Å². The number of benzene rings is 1. The molecule has 0 aliphatic heterocycles. The summed E-state index contributed by atoms with van der Waals surface area (Å²) in [5, 5.41) is 2.91. The highest BCUT2D eigenvalue weighted by Crippen LogP contribution is 2.26. The molecule has 0 spiro atoms. The van der Waals surface area contributed by atoms with E-state index >= 15 is 0 Å². The third-order valence-electron chi connectivity index (χ3n) is 3.30. The lowest BCUT2D eigenvalue weighted by molar-refractivity contribution is -0.136. The monoisotopic (exact) mass is 313 g/mol. The van der Waals surface area contributed by atoms with E-state index in [1.54, 1.807) is 14.0 Å². The van der Waals surface area contributed by atoms with Crippen molar-refractivity contribution in [1.82, 2.24) is 0 Å². The van der Waals surface area contributed by atoms with Crippen molar-refractivity contribution in [1.29, 1.82) is 0 Å². The molecule has 0 aliphatic carbocycles. The average molecular weight is 314 g/mol. The molecule has 1 amide bonds. The first-order chi connectivity index (χ1) is 8.34. The number of aryl methyl sites for hydroxylation is 2. The molecule has 4 heteroatoms. The molecule has 0 aromatic heterocycles. The Hall–Kier alpha value is -0.870. The normalized spacial score (nSPS) is 14.1. The number of hydrogen-bond donors (Lipinski definition) is 1. The largest absolute Gasteiger partial charge is 0.369 e. The van der Waals surface area contributed by atoms with Crippen LogP contribution in [-0.2, 0) is 9.53 Å². The SMILES string of the molecule is CCC(C)(OC)C(=O)Nc1cc(C)c(Br)c(C)c1. The quantitative estimate of drug-likeness (QED) is 0.917. The van der Waals surface area contributed by atoms with E-state index < -0.39 is 5.60 Å². The van der Waals surface area contributed by atoms with Gasteiger partial charge in [0.25, 0.3) is 5.91 Å². The first kappa shape index (κ1) is 15.2. The third kappa shape index (κ3) is 3.12. The zero-order valence-electron chi connectivity index (χ0n) is 11.6. The van der Waals surface area contributed by atoms with E-state index in [1.807, 2.05) is 32.9 Å². The lowest BCUT2D eigenvalue weighted by Crippen LogP contribution is -2.41. The number of nitrogens with one attached hydrogen (secondary N) is 1. The Morgan fingerprint density at radius 2 is 1.89 bits per heavy atom. The summed E-state index contributed by atoms with van der Waals surface area (Å²) in [6.07, 6.45) is 0.629. The van der Waals surface area contributed by atoms with E-state index in [-0.39, 0.29) is 5.91 Å². The highest BCUT2D eigenvalue weighted by atomic mass is 79.9. The maximum Gasteiger partial charge on any atom is 0.256 e. The Bertz CT molecular complexity index is 430. The zero-order valence-corrected chi connectivity index (χ0v) is 13.1. The van der Waals surface area contributed by atoms with E-state index in [0.29, 0.717) is 6.42 Å². The summed E-state index contributed by atoms with van der Waals surface area (Å²) in [7, 11) is 1.56. The minimum absolute atomic E-state index is 0.117. The highest BCUT2D eigenvalue weighted by Gasteiger charge is 2.30. The number of carbonyl (C=O) groups is 1. The van der Waals surface area contributed by atoms with Gasteiger partial charge in [0.15, 0.2) is 0 Å². The van der Waals surface area contributed by atoms with Gasteiger partial charge in [-0.1, -0.05) is 22.9 Å². The molecule has 0 bridgehead atoms. The molecule has 0 aliphatic rings. The van der Waals surface area contributed by atoms with Crippen molar-refractivity contribution < 1.29 is 9.53 Å². The summed E-state index contributed by atoms with van der Waals surface area (Å²) in [5.41, 5.74) is 2.21. The van der Waals surface area contributed by atoms with Gasteiger partial charge in [-0.15, -0.1) is 0 Å².